The van der Waals surface area contributed by atoms with E-state index in [1.54, 1.807) is 7.11 Å². The highest BCUT2D eigenvalue weighted by atomic mass is 16.5. The summed E-state index contributed by atoms with van der Waals surface area (Å²) in [4.78, 5) is 11.4. The molecule has 4 heteroatoms. The first-order valence-electron chi connectivity index (χ1n) is 7.49. The van der Waals surface area contributed by atoms with E-state index >= 15 is 0 Å². The molecule has 0 saturated heterocycles. The first-order chi connectivity index (χ1) is 10.6. The summed E-state index contributed by atoms with van der Waals surface area (Å²) in [6, 6.07) is 8.02. The van der Waals surface area contributed by atoms with Gasteiger partial charge in [-0.1, -0.05) is 6.08 Å². The zero-order valence-electron chi connectivity index (χ0n) is 13.3. The Morgan fingerprint density at radius 2 is 1.95 bits per heavy atom. The van der Waals surface area contributed by atoms with Crippen LogP contribution < -0.4 is 9.64 Å². The minimum Gasteiger partial charge on any atom is -0.497 e. The number of nitrogens with zero attached hydrogens (tertiary/aromatic N) is 3. The number of benzene rings is 1. The van der Waals surface area contributed by atoms with Gasteiger partial charge in [-0.3, -0.25) is 0 Å². The molecule has 2 aromatic rings. The summed E-state index contributed by atoms with van der Waals surface area (Å²) < 4.78 is 5.22. The molecule has 4 nitrogen and oxygen atoms in total. The van der Waals surface area contributed by atoms with Gasteiger partial charge in [0.05, 0.1) is 12.8 Å². The predicted molar refractivity (Wildman–Crippen MR) is 88.9 cm³/mol. The van der Waals surface area contributed by atoms with Crippen molar-refractivity contribution in [3.05, 3.63) is 54.0 Å². The van der Waals surface area contributed by atoms with Gasteiger partial charge in [-0.05, 0) is 49.9 Å². The Morgan fingerprint density at radius 3 is 2.59 bits per heavy atom. The van der Waals surface area contributed by atoms with Crippen LogP contribution in [0.4, 0.5) is 11.5 Å². The Balaban J connectivity index is 1.99. The van der Waals surface area contributed by atoms with E-state index in [1.807, 2.05) is 44.3 Å². The molecule has 1 aliphatic rings. The highest BCUT2D eigenvalue weighted by molar-refractivity contribution is 5.64. The van der Waals surface area contributed by atoms with E-state index in [2.05, 4.69) is 21.4 Å². The van der Waals surface area contributed by atoms with Gasteiger partial charge in [0.25, 0.3) is 0 Å². The first-order valence-corrected chi connectivity index (χ1v) is 7.49. The molecule has 3 rings (SSSR count). The Hall–Kier alpha value is -2.36. The summed E-state index contributed by atoms with van der Waals surface area (Å²) in [5, 5.41) is 0. The lowest BCUT2D eigenvalue weighted by Crippen LogP contribution is -2.15. The molecule has 1 aliphatic carbocycles. The van der Waals surface area contributed by atoms with Gasteiger partial charge in [-0.15, -0.1) is 6.58 Å². The van der Waals surface area contributed by atoms with Crippen LogP contribution in [0.5, 0.6) is 5.75 Å². The van der Waals surface area contributed by atoms with Crippen LogP contribution in [0.25, 0.3) is 0 Å². The fourth-order valence-corrected chi connectivity index (χ4v) is 2.97. The third-order valence-electron chi connectivity index (χ3n) is 4.22. The monoisotopic (exact) mass is 295 g/mol. The largest absolute Gasteiger partial charge is 0.497 e. The number of rotatable bonds is 4. The summed E-state index contributed by atoms with van der Waals surface area (Å²) in [5.74, 6) is 3.14. The van der Waals surface area contributed by atoms with Crippen LogP contribution in [0, 0.1) is 12.8 Å². The zero-order chi connectivity index (χ0) is 15.7. The molecule has 22 heavy (non-hydrogen) atoms. The Morgan fingerprint density at radius 1 is 1.23 bits per heavy atom. The summed E-state index contributed by atoms with van der Waals surface area (Å²) in [6.07, 6.45) is 3.95. The van der Waals surface area contributed by atoms with Crippen LogP contribution in [0.3, 0.4) is 0 Å². The second kappa shape index (κ2) is 5.79. The average Bonchev–Trinajstić information content (AvgIpc) is 2.96. The van der Waals surface area contributed by atoms with Gasteiger partial charge < -0.3 is 9.64 Å². The molecule has 1 unspecified atom stereocenters. The van der Waals surface area contributed by atoms with Crippen molar-refractivity contribution >= 4 is 11.5 Å². The number of allylic oxidation sites excluding steroid dienone is 1. The minimum absolute atomic E-state index is 0.467. The van der Waals surface area contributed by atoms with Crippen molar-refractivity contribution in [2.45, 2.75) is 19.8 Å². The average molecular weight is 295 g/mol. The van der Waals surface area contributed by atoms with E-state index in [4.69, 9.17) is 4.74 Å². The number of ether oxygens (including phenoxy) is 1. The molecule has 0 fully saturated rings. The van der Waals surface area contributed by atoms with Crippen LogP contribution in [0.2, 0.25) is 0 Å². The fourth-order valence-electron chi connectivity index (χ4n) is 2.97. The Bertz CT molecular complexity index is 694. The lowest BCUT2D eigenvalue weighted by Gasteiger charge is -2.21. The molecular formula is C18H21N3O. The van der Waals surface area contributed by atoms with Crippen molar-refractivity contribution < 1.29 is 4.74 Å². The smallest absolute Gasteiger partial charge is 0.139 e. The SMILES string of the molecule is C=CC1Cc2nc(C)nc(N(C)c3ccc(OC)cc3)c2C1. The molecule has 0 amide bonds. The quantitative estimate of drug-likeness (QED) is 0.810. The topological polar surface area (TPSA) is 38.2 Å². The maximum Gasteiger partial charge on any atom is 0.139 e. The van der Waals surface area contributed by atoms with E-state index in [-0.39, 0.29) is 0 Å². The van der Waals surface area contributed by atoms with Crippen molar-refractivity contribution in [1.82, 2.24) is 9.97 Å². The number of aryl methyl sites for hydroxylation is 1. The van der Waals surface area contributed by atoms with E-state index in [0.29, 0.717) is 5.92 Å². The van der Waals surface area contributed by atoms with Crippen LogP contribution in [0.15, 0.2) is 36.9 Å². The van der Waals surface area contributed by atoms with E-state index in [9.17, 15) is 0 Å². The molecular weight excluding hydrogens is 274 g/mol. The highest BCUT2D eigenvalue weighted by Crippen LogP contribution is 2.35. The number of hydrogen-bond donors (Lipinski definition) is 0. The Labute approximate surface area is 131 Å². The Kier molecular flexibility index (Phi) is 3.84. The van der Waals surface area contributed by atoms with Gasteiger partial charge in [-0.2, -0.15) is 0 Å². The van der Waals surface area contributed by atoms with E-state index < -0.39 is 0 Å². The third kappa shape index (κ3) is 2.56. The first kappa shape index (κ1) is 14.6. The number of aromatic nitrogens is 2. The lowest BCUT2D eigenvalue weighted by molar-refractivity contribution is 0.415. The lowest BCUT2D eigenvalue weighted by atomic mass is 10.1. The molecule has 1 aromatic heterocycles. The van der Waals surface area contributed by atoms with Crippen molar-refractivity contribution in [3.8, 4) is 5.75 Å². The van der Waals surface area contributed by atoms with Gasteiger partial charge in [0.2, 0.25) is 0 Å². The van der Waals surface area contributed by atoms with Crippen molar-refractivity contribution in [2.24, 2.45) is 5.92 Å². The molecule has 1 aromatic carbocycles. The number of fused-ring (bicyclic) bond motifs is 1. The number of hydrogen-bond acceptors (Lipinski definition) is 4. The van der Waals surface area contributed by atoms with E-state index in [0.717, 1.165) is 41.6 Å². The summed E-state index contributed by atoms with van der Waals surface area (Å²) >= 11 is 0. The summed E-state index contributed by atoms with van der Waals surface area (Å²) in [6.45, 7) is 5.88. The maximum atomic E-state index is 5.22. The maximum absolute atomic E-state index is 5.22. The van der Waals surface area contributed by atoms with Crippen molar-refractivity contribution in [3.63, 3.8) is 0 Å². The zero-order valence-corrected chi connectivity index (χ0v) is 13.3. The standard InChI is InChI=1S/C18H21N3O/c1-5-13-10-16-17(11-13)19-12(2)20-18(16)21(3)14-6-8-15(22-4)9-7-14/h5-9,13H,1,10-11H2,2-4H3. The molecule has 0 spiro atoms. The van der Waals surface area contributed by atoms with Gasteiger partial charge in [0, 0.05) is 18.3 Å². The third-order valence-corrected chi connectivity index (χ3v) is 4.22. The molecule has 114 valence electrons. The fraction of sp³-hybridized carbons (Fsp3) is 0.333. The normalized spacial score (nSPS) is 16.2. The van der Waals surface area contributed by atoms with Crippen LogP contribution in [-0.2, 0) is 12.8 Å². The summed E-state index contributed by atoms with van der Waals surface area (Å²) in [5.41, 5.74) is 3.49. The minimum atomic E-state index is 0.467. The van der Waals surface area contributed by atoms with Crippen molar-refractivity contribution in [2.75, 3.05) is 19.1 Å². The molecule has 0 N–H and O–H groups in total. The number of anilines is 2. The predicted octanol–water partition coefficient (Wildman–Crippen LogP) is 3.46. The second-order valence-corrected chi connectivity index (χ2v) is 5.68. The molecule has 1 atom stereocenters. The molecule has 0 aliphatic heterocycles. The molecule has 0 bridgehead atoms. The van der Waals surface area contributed by atoms with E-state index in [1.165, 1.54) is 5.56 Å². The molecule has 0 saturated carbocycles. The second-order valence-electron chi connectivity index (χ2n) is 5.68. The van der Waals surface area contributed by atoms with Gasteiger partial charge in [-0.25, -0.2) is 9.97 Å². The van der Waals surface area contributed by atoms with Crippen molar-refractivity contribution in [1.29, 1.82) is 0 Å². The van der Waals surface area contributed by atoms with Gasteiger partial charge in [0.15, 0.2) is 0 Å². The van der Waals surface area contributed by atoms with Crippen LogP contribution in [-0.4, -0.2) is 24.1 Å². The van der Waals surface area contributed by atoms with Crippen LogP contribution >= 0.6 is 0 Å². The number of methoxy groups -OCH3 is 1. The van der Waals surface area contributed by atoms with Crippen LogP contribution in [0.1, 0.15) is 17.1 Å². The molecule has 1 heterocycles. The van der Waals surface area contributed by atoms with Gasteiger partial charge in [0.1, 0.15) is 17.4 Å². The molecule has 0 radical (unpaired) electrons. The van der Waals surface area contributed by atoms with Gasteiger partial charge >= 0.3 is 0 Å². The highest BCUT2D eigenvalue weighted by Gasteiger charge is 2.26. The summed E-state index contributed by atoms with van der Waals surface area (Å²) in [7, 11) is 3.72.